The SMILES string of the molecule is O=C1NC(=Nc2ccc(O)cc2)S/C1=C\c1ccc(Cl)cc1. The molecule has 1 heterocycles. The summed E-state index contributed by atoms with van der Waals surface area (Å²) in [6.07, 6.45) is 1.79. The standard InChI is InChI=1S/C16H11ClN2O2S/c17-11-3-1-10(2-4-11)9-14-15(21)19-16(22-14)18-12-5-7-13(20)8-6-12/h1-9,20H,(H,18,19,21)/b14-9-. The first-order valence-electron chi connectivity index (χ1n) is 6.44. The molecule has 6 heteroatoms. The summed E-state index contributed by atoms with van der Waals surface area (Å²) < 4.78 is 0. The summed E-state index contributed by atoms with van der Waals surface area (Å²) in [4.78, 5) is 16.9. The number of hydrogen-bond acceptors (Lipinski definition) is 4. The van der Waals surface area contributed by atoms with Gasteiger partial charge in [-0.15, -0.1) is 0 Å². The average molecular weight is 331 g/mol. The molecule has 1 amide bonds. The lowest BCUT2D eigenvalue weighted by Crippen LogP contribution is -2.19. The minimum Gasteiger partial charge on any atom is -0.508 e. The van der Waals surface area contributed by atoms with Crippen molar-refractivity contribution in [3.63, 3.8) is 0 Å². The molecule has 2 N–H and O–H groups in total. The van der Waals surface area contributed by atoms with Gasteiger partial charge in [-0.05, 0) is 59.8 Å². The first-order valence-corrected chi connectivity index (χ1v) is 7.64. The molecule has 1 aliphatic rings. The van der Waals surface area contributed by atoms with Crippen molar-refractivity contribution < 1.29 is 9.90 Å². The summed E-state index contributed by atoms with van der Waals surface area (Å²) >= 11 is 7.11. The number of nitrogens with one attached hydrogen (secondary N) is 1. The normalized spacial score (nSPS) is 18.0. The zero-order valence-electron chi connectivity index (χ0n) is 11.3. The quantitative estimate of drug-likeness (QED) is 0.820. The molecule has 0 unspecified atom stereocenters. The van der Waals surface area contributed by atoms with E-state index in [0.29, 0.717) is 20.8 Å². The van der Waals surface area contributed by atoms with Gasteiger partial charge in [0.1, 0.15) is 5.75 Å². The smallest absolute Gasteiger partial charge is 0.264 e. The average Bonchev–Trinajstić information content (AvgIpc) is 2.84. The van der Waals surface area contributed by atoms with Crippen LogP contribution in [-0.4, -0.2) is 16.2 Å². The van der Waals surface area contributed by atoms with E-state index in [1.54, 1.807) is 42.5 Å². The van der Waals surface area contributed by atoms with Gasteiger partial charge in [-0.1, -0.05) is 23.7 Å². The minimum absolute atomic E-state index is 0.176. The van der Waals surface area contributed by atoms with Crippen LogP contribution in [0.15, 0.2) is 58.4 Å². The number of hydrogen-bond donors (Lipinski definition) is 2. The highest BCUT2D eigenvalue weighted by molar-refractivity contribution is 8.18. The van der Waals surface area contributed by atoms with E-state index in [0.717, 1.165) is 5.56 Å². The monoisotopic (exact) mass is 330 g/mol. The Kier molecular flexibility index (Phi) is 4.18. The largest absolute Gasteiger partial charge is 0.508 e. The maximum absolute atomic E-state index is 12.0. The molecule has 3 rings (SSSR count). The van der Waals surface area contributed by atoms with Gasteiger partial charge in [-0.3, -0.25) is 4.79 Å². The van der Waals surface area contributed by atoms with Crippen LogP contribution in [0.2, 0.25) is 5.02 Å². The van der Waals surface area contributed by atoms with Crippen LogP contribution >= 0.6 is 23.4 Å². The van der Waals surface area contributed by atoms with Crippen LogP contribution in [-0.2, 0) is 4.79 Å². The zero-order valence-corrected chi connectivity index (χ0v) is 12.9. The first kappa shape index (κ1) is 14.7. The Hall–Kier alpha value is -2.24. The van der Waals surface area contributed by atoms with Gasteiger partial charge in [-0.2, -0.15) is 0 Å². The maximum Gasteiger partial charge on any atom is 0.264 e. The lowest BCUT2D eigenvalue weighted by Gasteiger charge is -1.96. The second kappa shape index (κ2) is 6.25. The molecule has 0 radical (unpaired) electrons. The molecule has 0 saturated carbocycles. The predicted molar refractivity (Wildman–Crippen MR) is 90.4 cm³/mol. The Morgan fingerprint density at radius 3 is 2.45 bits per heavy atom. The van der Waals surface area contributed by atoms with Crippen molar-refractivity contribution >= 4 is 46.2 Å². The van der Waals surface area contributed by atoms with Crippen LogP contribution in [0.25, 0.3) is 6.08 Å². The number of phenolic OH excluding ortho intramolecular Hbond substituents is 1. The van der Waals surface area contributed by atoms with Gasteiger partial charge in [0, 0.05) is 5.02 Å². The van der Waals surface area contributed by atoms with Crippen molar-refractivity contribution in [1.29, 1.82) is 0 Å². The fourth-order valence-corrected chi connectivity index (χ4v) is 2.80. The summed E-state index contributed by atoms with van der Waals surface area (Å²) in [6, 6.07) is 13.7. The molecule has 0 atom stereocenters. The van der Waals surface area contributed by atoms with E-state index in [1.165, 1.54) is 11.8 Å². The molecular formula is C16H11ClN2O2S. The topological polar surface area (TPSA) is 61.7 Å². The van der Waals surface area contributed by atoms with Crippen molar-refractivity contribution in [2.45, 2.75) is 0 Å². The Morgan fingerprint density at radius 2 is 1.77 bits per heavy atom. The van der Waals surface area contributed by atoms with E-state index >= 15 is 0 Å². The number of amidine groups is 1. The van der Waals surface area contributed by atoms with Crippen LogP contribution < -0.4 is 5.32 Å². The highest BCUT2D eigenvalue weighted by Gasteiger charge is 2.23. The molecule has 1 fully saturated rings. The molecule has 0 spiro atoms. The molecule has 0 bridgehead atoms. The third kappa shape index (κ3) is 3.50. The number of phenols is 1. The number of rotatable bonds is 2. The highest BCUT2D eigenvalue weighted by atomic mass is 35.5. The molecule has 4 nitrogen and oxygen atoms in total. The third-order valence-electron chi connectivity index (χ3n) is 2.90. The lowest BCUT2D eigenvalue weighted by molar-refractivity contribution is -0.115. The van der Waals surface area contributed by atoms with Crippen molar-refractivity contribution in [2.75, 3.05) is 0 Å². The van der Waals surface area contributed by atoms with Crippen LogP contribution in [0.5, 0.6) is 5.75 Å². The van der Waals surface area contributed by atoms with Crippen LogP contribution in [0.4, 0.5) is 5.69 Å². The van der Waals surface area contributed by atoms with Gasteiger partial charge in [0.2, 0.25) is 0 Å². The molecule has 110 valence electrons. The summed E-state index contributed by atoms with van der Waals surface area (Å²) in [5.41, 5.74) is 1.56. The zero-order chi connectivity index (χ0) is 15.5. The summed E-state index contributed by atoms with van der Waals surface area (Å²) in [6.45, 7) is 0. The van der Waals surface area contributed by atoms with Gasteiger partial charge in [0.15, 0.2) is 5.17 Å². The van der Waals surface area contributed by atoms with Gasteiger partial charge in [0.25, 0.3) is 5.91 Å². The lowest BCUT2D eigenvalue weighted by atomic mass is 10.2. The molecule has 22 heavy (non-hydrogen) atoms. The van der Waals surface area contributed by atoms with Gasteiger partial charge in [-0.25, -0.2) is 4.99 Å². The van der Waals surface area contributed by atoms with E-state index in [-0.39, 0.29) is 11.7 Å². The van der Waals surface area contributed by atoms with E-state index in [9.17, 15) is 9.90 Å². The maximum atomic E-state index is 12.0. The number of aliphatic imine (C=N–C) groups is 1. The number of halogens is 1. The molecule has 2 aromatic carbocycles. The summed E-state index contributed by atoms with van der Waals surface area (Å²) in [5, 5.41) is 13.1. The van der Waals surface area contributed by atoms with Crippen LogP contribution in [0.3, 0.4) is 0 Å². The summed E-state index contributed by atoms with van der Waals surface area (Å²) in [5.74, 6) is -0.00661. The number of nitrogens with zero attached hydrogens (tertiary/aromatic N) is 1. The number of thioether (sulfide) groups is 1. The van der Waals surface area contributed by atoms with Crippen molar-refractivity contribution in [2.24, 2.45) is 4.99 Å². The van der Waals surface area contributed by atoms with E-state index in [1.807, 2.05) is 12.1 Å². The molecule has 0 aliphatic carbocycles. The third-order valence-corrected chi connectivity index (χ3v) is 4.06. The van der Waals surface area contributed by atoms with E-state index in [2.05, 4.69) is 10.3 Å². The predicted octanol–water partition coefficient (Wildman–Crippen LogP) is 3.94. The number of carbonyl (C=O) groups excluding carboxylic acids is 1. The molecule has 1 saturated heterocycles. The van der Waals surface area contributed by atoms with E-state index in [4.69, 9.17) is 11.6 Å². The van der Waals surface area contributed by atoms with E-state index < -0.39 is 0 Å². The second-order valence-corrected chi connectivity index (χ2v) is 6.02. The highest BCUT2D eigenvalue weighted by Crippen LogP contribution is 2.28. The van der Waals surface area contributed by atoms with Crippen molar-refractivity contribution in [1.82, 2.24) is 5.32 Å². The first-order chi connectivity index (χ1) is 10.6. The van der Waals surface area contributed by atoms with Crippen molar-refractivity contribution in [3.8, 4) is 5.75 Å². The van der Waals surface area contributed by atoms with Crippen molar-refractivity contribution in [3.05, 3.63) is 64.0 Å². The number of amides is 1. The molecule has 0 aromatic heterocycles. The second-order valence-electron chi connectivity index (χ2n) is 4.55. The number of carbonyl (C=O) groups is 1. The Balaban J connectivity index is 1.80. The fourth-order valence-electron chi connectivity index (χ4n) is 1.84. The van der Waals surface area contributed by atoms with Crippen LogP contribution in [0.1, 0.15) is 5.56 Å². The fraction of sp³-hybridized carbons (Fsp3) is 0. The van der Waals surface area contributed by atoms with Crippen LogP contribution in [0, 0.1) is 0 Å². The Labute approximate surface area is 136 Å². The Bertz CT molecular complexity index is 768. The molecule has 1 aliphatic heterocycles. The summed E-state index contributed by atoms with van der Waals surface area (Å²) in [7, 11) is 0. The van der Waals surface area contributed by atoms with Gasteiger partial charge in [0.05, 0.1) is 10.6 Å². The number of aromatic hydroxyl groups is 1. The molecule has 2 aromatic rings. The minimum atomic E-state index is -0.183. The Morgan fingerprint density at radius 1 is 1.09 bits per heavy atom. The molecular weight excluding hydrogens is 320 g/mol. The number of benzene rings is 2. The van der Waals surface area contributed by atoms with Gasteiger partial charge < -0.3 is 10.4 Å². The van der Waals surface area contributed by atoms with Gasteiger partial charge >= 0.3 is 0 Å².